The van der Waals surface area contributed by atoms with Crippen LogP contribution in [0, 0.1) is 40.8 Å². The molecule has 1 aromatic carbocycles. The van der Waals surface area contributed by atoms with E-state index in [1.807, 2.05) is 12.1 Å². The predicted molar refractivity (Wildman–Crippen MR) is 99.3 cm³/mol. The quantitative estimate of drug-likeness (QED) is 0.832. The van der Waals surface area contributed by atoms with Gasteiger partial charge in [-0.1, -0.05) is 12.1 Å². The first-order valence-corrected chi connectivity index (χ1v) is 10.6. The van der Waals surface area contributed by atoms with E-state index in [4.69, 9.17) is 0 Å². The lowest BCUT2D eigenvalue weighted by Gasteiger charge is -2.63. The maximum atomic E-state index is 13.4. The van der Waals surface area contributed by atoms with Crippen LogP contribution in [0.4, 0.5) is 4.39 Å². The van der Waals surface area contributed by atoms with Crippen molar-refractivity contribution in [3.05, 3.63) is 35.6 Å². The smallest absolute Gasteiger partial charge is 0.136 e. The Morgan fingerprint density at radius 1 is 0.963 bits per heavy atom. The summed E-state index contributed by atoms with van der Waals surface area (Å²) in [7, 11) is 0. The molecule has 1 aromatic rings. The molecule has 5 saturated carbocycles. The van der Waals surface area contributed by atoms with Crippen LogP contribution in [-0.2, 0) is 11.2 Å². The zero-order valence-electron chi connectivity index (χ0n) is 15.7. The molecule has 146 valence electrons. The van der Waals surface area contributed by atoms with E-state index < -0.39 is 0 Å². The van der Waals surface area contributed by atoms with Crippen molar-refractivity contribution in [2.45, 2.75) is 63.6 Å². The molecule has 0 unspecified atom stereocenters. The minimum atomic E-state index is -0.305. The van der Waals surface area contributed by atoms with Crippen molar-refractivity contribution in [2.24, 2.45) is 35.0 Å². The summed E-state index contributed by atoms with van der Waals surface area (Å²) < 4.78 is 13.4. The Balaban J connectivity index is 1.44. The molecule has 0 amide bonds. The van der Waals surface area contributed by atoms with Crippen LogP contribution in [0.25, 0.3) is 0 Å². The van der Waals surface area contributed by atoms with Crippen molar-refractivity contribution < 1.29 is 19.4 Å². The third-order valence-electron chi connectivity index (χ3n) is 8.46. The highest BCUT2D eigenvalue weighted by Crippen LogP contribution is 2.64. The second kappa shape index (κ2) is 6.38. The van der Waals surface area contributed by atoms with E-state index in [2.05, 4.69) is 0 Å². The zero-order chi connectivity index (χ0) is 18.8. The van der Waals surface area contributed by atoms with Crippen LogP contribution in [0.1, 0.15) is 50.5 Å². The molecule has 5 aliphatic rings. The Hall–Kier alpha value is -1.26. The molecule has 0 aromatic heterocycles. The topological polar surface area (TPSA) is 57.5 Å². The molecule has 0 radical (unpaired) electrons. The predicted octanol–water partition coefficient (Wildman–Crippen LogP) is 3.51. The lowest BCUT2D eigenvalue weighted by Crippen LogP contribution is -2.59. The molecule has 0 spiro atoms. The van der Waals surface area contributed by atoms with E-state index in [-0.39, 0.29) is 29.4 Å². The summed E-state index contributed by atoms with van der Waals surface area (Å²) in [6.07, 6.45) is 6.29. The molecule has 6 rings (SSSR count). The molecule has 5 aliphatic carbocycles. The van der Waals surface area contributed by atoms with Gasteiger partial charge in [0, 0.05) is 12.3 Å². The fourth-order valence-corrected chi connectivity index (χ4v) is 7.00. The molecule has 2 N–H and O–H groups in total. The second-order valence-corrected chi connectivity index (χ2v) is 9.85. The third-order valence-corrected chi connectivity index (χ3v) is 8.46. The minimum absolute atomic E-state index is 0.0212. The molecular weight excluding hydrogens is 343 g/mol. The van der Waals surface area contributed by atoms with Crippen LogP contribution < -0.4 is 0 Å². The number of halogens is 1. The van der Waals surface area contributed by atoms with Gasteiger partial charge < -0.3 is 10.2 Å². The van der Waals surface area contributed by atoms with Crippen LogP contribution in [0.2, 0.25) is 0 Å². The Kier molecular flexibility index (Phi) is 4.21. The van der Waals surface area contributed by atoms with Gasteiger partial charge >= 0.3 is 0 Å². The van der Waals surface area contributed by atoms with Gasteiger partial charge in [0.05, 0.1) is 12.2 Å². The van der Waals surface area contributed by atoms with Gasteiger partial charge in [-0.15, -0.1) is 0 Å². The molecule has 4 bridgehead atoms. The fourth-order valence-electron chi connectivity index (χ4n) is 7.00. The summed E-state index contributed by atoms with van der Waals surface area (Å²) in [4.78, 5) is 13.1. The summed E-state index contributed by atoms with van der Waals surface area (Å²) in [6.45, 7) is 0. The maximum Gasteiger partial charge on any atom is 0.136 e. The second-order valence-electron chi connectivity index (χ2n) is 9.85. The number of hydrogen-bond donors (Lipinski definition) is 2. The van der Waals surface area contributed by atoms with Gasteiger partial charge in [0.1, 0.15) is 11.6 Å². The number of hydrogen-bond acceptors (Lipinski definition) is 3. The normalized spacial score (nSPS) is 44.9. The first kappa shape index (κ1) is 17.8. The summed E-state index contributed by atoms with van der Waals surface area (Å²) in [5.74, 6) is 1.86. The first-order valence-electron chi connectivity index (χ1n) is 10.6. The number of benzene rings is 1. The number of ketones is 1. The molecule has 0 aliphatic heterocycles. The Labute approximate surface area is 160 Å². The standard InChI is InChI=1S/C23H29FO3/c24-19-3-1-13(2-4-19)11-23(12-21(26)14-9-20(25)10-14)17-5-15-6-18(23)8-16(7-17)22(15)27/h1-4,14-18,20,22,25,27H,5-12H2. The van der Waals surface area contributed by atoms with Crippen molar-refractivity contribution in [1.29, 1.82) is 0 Å². The average molecular weight is 372 g/mol. The lowest BCUT2D eigenvalue weighted by molar-refractivity contribution is -0.174. The monoisotopic (exact) mass is 372 g/mol. The number of aliphatic hydroxyl groups excluding tert-OH is 2. The van der Waals surface area contributed by atoms with Gasteiger partial charge in [-0.2, -0.15) is 0 Å². The Bertz CT molecular complexity index is 692. The molecule has 3 nitrogen and oxygen atoms in total. The molecule has 4 heteroatoms. The molecule has 27 heavy (non-hydrogen) atoms. The number of carbonyl (C=O) groups is 1. The van der Waals surface area contributed by atoms with Crippen molar-refractivity contribution in [2.75, 3.05) is 0 Å². The van der Waals surface area contributed by atoms with Crippen LogP contribution in [-0.4, -0.2) is 28.2 Å². The summed E-state index contributed by atoms with van der Waals surface area (Å²) in [5.41, 5.74) is 1.06. The van der Waals surface area contributed by atoms with Crippen molar-refractivity contribution in [3.8, 4) is 0 Å². The van der Waals surface area contributed by atoms with Gasteiger partial charge in [0.25, 0.3) is 0 Å². The van der Waals surface area contributed by atoms with Gasteiger partial charge in [0.2, 0.25) is 0 Å². The number of aliphatic hydroxyl groups is 2. The van der Waals surface area contributed by atoms with E-state index in [1.165, 1.54) is 12.1 Å². The highest BCUT2D eigenvalue weighted by Gasteiger charge is 2.60. The van der Waals surface area contributed by atoms with E-state index in [1.54, 1.807) is 0 Å². The maximum absolute atomic E-state index is 13.4. The molecule has 0 atom stereocenters. The molecule has 5 fully saturated rings. The van der Waals surface area contributed by atoms with Crippen LogP contribution in [0.3, 0.4) is 0 Å². The van der Waals surface area contributed by atoms with E-state index >= 15 is 0 Å². The van der Waals surface area contributed by atoms with Crippen molar-refractivity contribution in [3.63, 3.8) is 0 Å². The van der Waals surface area contributed by atoms with Crippen molar-refractivity contribution in [1.82, 2.24) is 0 Å². The molecule has 0 heterocycles. The summed E-state index contributed by atoms with van der Waals surface area (Å²) in [5, 5.41) is 20.1. The largest absolute Gasteiger partial charge is 0.393 e. The highest BCUT2D eigenvalue weighted by atomic mass is 19.1. The number of rotatable bonds is 5. The van der Waals surface area contributed by atoms with Gasteiger partial charge in [-0.25, -0.2) is 4.39 Å². The molecular formula is C23H29FO3. The van der Waals surface area contributed by atoms with Crippen molar-refractivity contribution >= 4 is 5.78 Å². The first-order chi connectivity index (χ1) is 12.9. The number of carbonyl (C=O) groups excluding carboxylic acids is 1. The fraction of sp³-hybridized carbons (Fsp3) is 0.696. The van der Waals surface area contributed by atoms with Gasteiger partial charge in [0.15, 0.2) is 0 Å². The van der Waals surface area contributed by atoms with Crippen LogP contribution in [0.5, 0.6) is 0 Å². The van der Waals surface area contributed by atoms with Crippen LogP contribution >= 0.6 is 0 Å². The summed E-state index contributed by atoms with van der Waals surface area (Å²) in [6, 6.07) is 6.78. The highest BCUT2D eigenvalue weighted by molar-refractivity contribution is 5.82. The average Bonchev–Trinajstić information content (AvgIpc) is 2.59. The zero-order valence-corrected chi connectivity index (χ0v) is 15.7. The SMILES string of the molecule is O=C(CC1(Cc2ccc(F)cc2)C2CC3CC1CC(C2)C3O)C1CC(O)C1. The van der Waals surface area contributed by atoms with E-state index in [9.17, 15) is 19.4 Å². The Morgan fingerprint density at radius 2 is 1.52 bits per heavy atom. The minimum Gasteiger partial charge on any atom is -0.393 e. The molecule has 0 saturated heterocycles. The third kappa shape index (κ3) is 2.87. The van der Waals surface area contributed by atoms with Crippen LogP contribution in [0.15, 0.2) is 24.3 Å². The van der Waals surface area contributed by atoms with Gasteiger partial charge in [-0.3, -0.25) is 4.79 Å². The lowest BCUT2D eigenvalue weighted by atomic mass is 9.42. The van der Waals surface area contributed by atoms with E-state index in [0.29, 0.717) is 48.7 Å². The Morgan fingerprint density at radius 3 is 2.04 bits per heavy atom. The van der Waals surface area contributed by atoms with Gasteiger partial charge in [-0.05, 0) is 91.7 Å². The summed E-state index contributed by atoms with van der Waals surface area (Å²) >= 11 is 0. The van der Waals surface area contributed by atoms with E-state index in [0.717, 1.165) is 37.7 Å². The number of Topliss-reactive ketones (excluding diaryl/α,β-unsaturated/α-hetero) is 1.